The van der Waals surface area contributed by atoms with Crippen molar-refractivity contribution in [2.75, 3.05) is 20.8 Å². The zero-order chi connectivity index (χ0) is 20.9. The zero-order valence-corrected chi connectivity index (χ0v) is 16.7. The molecular formula is C22H27F3O3. The molecule has 2 unspecified atom stereocenters. The Morgan fingerprint density at radius 3 is 2.39 bits per heavy atom. The first-order valence-corrected chi connectivity index (χ1v) is 9.34. The Kier molecular flexibility index (Phi) is 7.68. The molecule has 4 atom stereocenters. The summed E-state index contributed by atoms with van der Waals surface area (Å²) in [5.74, 6) is 1.45. The number of carbonyl (C=O) groups excluding carboxylic acids is 1. The fourth-order valence-electron chi connectivity index (χ4n) is 3.95. The Balaban J connectivity index is 2.24. The van der Waals surface area contributed by atoms with E-state index in [-0.39, 0.29) is 13.0 Å². The Labute approximate surface area is 164 Å². The third-order valence-corrected chi connectivity index (χ3v) is 5.56. The van der Waals surface area contributed by atoms with E-state index in [0.717, 1.165) is 16.7 Å². The van der Waals surface area contributed by atoms with E-state index in [1.165, 1.54) is 14.2 Å². The lowest BCUT2D eigenvalue weighted by Crippen LogP contribution is -2.37. The number of Topliss-reactive ketones (excluding diaryl/α,β-unsaturated/α-hetero) is 1. The normalized spacial score (nSPS) is 24.9. The number of halogens is 3. The number of carbonyl (C=O) groups is 1. The minimum absolute atomic E-state index is 0.178. The molecule has 0 bridgehead atoms. The smallest absolute Gasteiger partial charge is 0.380 e. The molecule has 2 rings (SSSR count). The van der Waals surface area contributed by atoms with Gasteiger partial charge in [-0.05, 0) is 43.4 Å². The van der Waals surface area contributed by atoms with E-state index in [1.807, 2.05) is 32.0 Å². The van der Waals surface area contributed by atoms with Gasteiger partial charge < -0.3 is 9.47 Å². The fraction of sp³-hybridized carbons (Fsp3) is 0.591. The second-order valence-corrected chi connectivity index (χ2v) is 7.34. The lowest BCUT2D eigenvalue weighted by atomic mass is 9.86. The van der Waals surface area contributed by atoms with Crippen LogP contribution in [0.3, 0.4) is 0 Å². The summed E-state index contributed by atoms with van der Waals surface area (Å²) < 4.78 is 50.6. The van der Waals surface area contributed by atoms with Crippen molar-refractivity contribution in [1.29, 1.82) is 0 Å². The van der Waals surface area contributed by atoms with Crippen LogP contribution in [0.1, 0.15) is 29.5 Å². The minimum Gasteiger partial charge on any atom is -0.380 e. The van der Waals surface area contributed by atoms with Crippen LogP contribution >= 0.6 is 0 Å². The number of hydrogen-bond donors (Lipinski definition) is 0. The quantitative estimate of drug-likeness (QED) is 0.673. The van der Waals surface area contributed by atoms with Crippen molar-refractivity contribution in [2.45, 2.75) is 45.4 Å². The van der Waals surface area contributed by atoms with Gasteiger partial charge in [0.1, 0.15) is 12.5 Å². The van der Waals surface area contributed by atoms with Crippen molar-refractivity contribution in [2.24, 2.45) is 17.8 Å². The lowest BCUT2D eigenvalue weighted by molar-refractivity contribution is -0.199. The highest BCUT2D eigenvalue weighted by Crippen LogP contribution is 2.46. The maximum Gasteiger partial charge on any atom is 0.401 e. The van der Waals surface area contributed by atoms with Crippen molar-refractivity contribution < 1.29 is 27.4 Å². The molecule has 28 heavy (non-hydrogen) atoms. The summed E-state index contributed by atoms with van der Waals surface area (Å²) in [5.41, 5.74) is 3.30. The first kappa shape index (κ1) is 22.4. The highest BCUT2D eigenvalue weighted by molar-refractivity contribution is 5.87. The van der Waals surface area contributed by atoms with E-state index in [4.69, 9.17) is 9.47 Å². The summed E-state index contributed by atoms with van der Waals surface area (Å²) in [6.07, 6.45) is -4.75. The van der Waals surface area contributed by atoms with Gasteiger partial charge in [0.2, 0.25) is 0 Å². The molecule has 0 radical (unpaired) electrons. The number of hydrogen-bond acceptors (Lipinski definition) is 3. The number of benzene rings is 1. The highest BCUT2D eigenvalue weighted by Gasteiger charge is 2.60. The average Bonchev–Trinajstić information content (AvgIpc) is 2.91. The number of alkyl halides is 3. The molecular weight excluding hydrogens is 369 g/mol. The highest BCUT2D eigenvalue weighted by atomic mass is 19.4. The molecule has 1 aromatic carbocycles. The third kappa shape index (κ3) is 5.15. The second kappa shape index (κ2) is 9.58. The predicted octanol–water partition coefficient (Wildman–Crippen LogP) is 4.28. The standard InChI is InChI=1S/C22H27F3O3/c1-14-8-9-16(13-15(14)2)10-11-17-18(7-5-6-12-27-3)21(28-4)19(20(17)26)22(23,24)25/h8-9,13,17-19,21H,7,10-12H2,1-4H3/t17-,18-,19?,21?/m1/s1. The molecule has 6 heteroatoms. The Bertz CT molecular complexity index is 746. The molecule has 0 amide bonds. The van der Waals surface area contributed by atoms with Gasteiger partial charge in [0.15, 0.2) is 5.78 Å². The van der Waals surface area contributed by atoms with Crippen LogP contribution in [0.4, 0.5) is 13.2 Å². The molecule has 3 nitrogen and oxygen atoms in total. The van der Waals surface area contributed by atoms with Gasteiger partial charge >= 0.3 is 6.18 Å². The van der Waals surface area contributed by atoms with Gasteiger partial charge in [0, 0.05) is 32.5 Å². The molecule has 0 spiro atoms. The molecule has 0 aliphatic heterocycles. The first-order chi connectivity index (χ1) is 13.2. The predicted molar refractivity (Wildman–Crippen MR) is 101 cm³/mol. The summed E-state index contributed by atoms with van der Waals surface area (Å²) in [5, 5.41) is 0. The number of ether oxygens (including phenoxy) is 2. The summed E-state index contributed by atoms with van der Waals surface area (Å²) in [7, 11) is 2.73. The van der Waals surface area contributed by atoms with Crippen LogP contribution in [-0.4, -0.2) is 38.9 Å². The number of ketones is 1. The molecule has 1 fully saturated rings. The summed E-state index contributed by atoms with van der Waals surface area (Å²) in [4.78, 5) is 12.7. The van der Waals surface area contributed by atoms with Crippen LogP contribution in [0, 0.1) is 43.4 Å². The minimum atomic E-state index is -4.62. The first-order valence-electron chi connectivity index (χ1n) is 9.34. The van der Waals surface area contributed by atoms with Crippen molar-refractivity contribution in [3.05, 3.63) is 34.9 Å². The van der Waals surface area contributed by atoms with Crippen molar-refractivity contribution in [3.8, 4) is 11.8 Å². The maximum absolute atomic E-state index is 13.5. The van der Waals surface area contributed by atoms with Crippen molar-refractivity contribution >= 4 is 5.78 Å². The second-order valence-electron chi connectivity index (χ2n) is 7.34. The monoisotopic (exact) mass is 396 g/mol. The molecule has 1 saturated carbocycles. The van der Waals surface area contributed by atoms with Gasteiger partial charge in [-0.2, -0.15) is 13.2 Å². The van der Waals surface area contributed by atoms with Gasteiger partial charge in [-0.3, -0.25) is 4.79 Å². The van der Waals surface area contributed by atoms with E-state index in [1.54, 1.807) is 0 Å². The Morgan fingerprint density at radius 1 is 1.11 bits per heavy atom. The Morgan fingerprint density at radius 2 is 1.82 bits per heavy atom. The van der Waals surface area contributed by atoms with Gasteiger partial charge in [-0.15, -0.1) is 5.92 Å². The van der Waals surface area contributed by atoms with Crippen LogP contribution in [0.25, 0.3) is 0 Å². The molecule has 1 aliphatic rings. The van der Waals surface area contributed by atoms with E-state index in [9.17, 15) is 18.0 Å². The average molecular weight is 396 g/mol. The van der Waals surface area contributed by atoms with Gasteiger partial charge in [-0.25, -0.2) is 0 Å². The third-order valence-electron chi connectivity index (χ3n) is 5.56. The van der Waals surface area contributed by atoms with Crippen molar-refractivity contribution in [3.63, 3.8) is 0 Å². The van der Waals surface area contributed by atoms with Crippen LogP contribution in [0.2, 0.25) is 0 Å². The molecule has 154 valence electrons. The van der Waals surface area contributed by atoms with E-state index in [0.29, 0.717) is 12.8 Å². The van der Waals surface area contributed by atoms with E-state index in [2.05, 4.69) is 11.8 Å². The number of aryl methyl sites for hydroxylation is 3. The van der Waals surface area contributed by atoms with Crippen LogP contribution < -0.4 is 0 Å². The molecule has 1 aromatic rings. The summed E-state index contributed by atoms with van der Waals surface area (Å²) >= 11 is 0. The van der Waals surface area contributed by atoms with Crippen LogP contribution in [0.15, 0.2) is 18.2 Å². The molecule has 0 N–H and O–H groups in total. The SMILES string of the molecule is COCC#CC[C@H]1C(OC)C(C(F)(F)F)C(=O)[C@@H]1CCc1ccc(C)c(C)c1. The maximum atomic E-state index is 13.5. The van der Waals surface area contributed by atoms with E-state index < -0.39 is 35.8 Å². The van der Waals surface area contributed by atoms with Gasteiger partial charge in [-0.1, -0.05) is 24.1 Å². The van der Waals surface area contributed by atoms with Gasteiger partial charge in [0.05, 0.1) is 6.10 Å². The zero-order valence-electron chi connectivity index (χ0n) is 16.7. The largest absolute Gasteiger partial charge is 0.401 e. The summed E-state index contributed by atoms with van der Waals surface area (Å²) in [6.45, 7) is 4.20. The van der Waals surface area contributed by atoms with E-state index >= 15 is 0 Å². The fourth-order valence-corrected chi connectivity index (χ4v) is 3.95. The molecule has 0 saturated heterocycles. The van der Waals surface area contributed by atoms with Crippen LogP contribution in [-0.2, 0) is 20.7 Å². The molecule has 0 aromatic heterocycles. The summed E-state index contributed by atoms with van der Waals surface area (Å²) in [6, 6.07) is 5.98. The molecule has 0 heterocycles. The Hall–Kier alpha value is -1.84. The van der Waals surface area contributed by atoms with Crippen LogP contribution in [0.5, 0.6) is 0 Å². The van der Waals surface area contributed by atoms with Crippen molar-refractivity contribution in [1.82, 2.24) is 0 Å². The molecule has 1 aliphatic carbocycles. The topological polar surface area (TPSA) is 35.5 Å². The number of methoxy groups -OCH3 is 2. The number of rotatable bonds is 6. The van der Waals surface area contributed by atoms with Gasteiger partial charge in [0.25, 0.3) is 0 Å². The lowest BCUT2D eigenvalue weighted by Gasteiger charge is -2.24.